The van der Waals surface area contributed by atoms with Crippen LogP contribution < -0.4 is 5.73 Å². The first-order valence-electron chi connectivity index (χ1n) is 6.09. The van der Waals surface area contributed by atoms with Gasteiger partial charge in [-0.25, -0.2) is 4.79 Å². The number of esters is 1. The fourth-order valence-corrected chi connectivity index (χ4v) is 1.64. The first kappa shape index (κ1) is 16.8. The summed E-state index contributed by atoms with van der Waals surface area (Å²) in [5.74, 6) is -1.53. The molecule has 114 valence electrons. The van der Waals surface area contributed by atoms with Gasteiger partial charge in [0, 0.05) is 17.3 Å². The molecule has 0 aliphatic carbocycles. The number of carbonyl (C=O) groups excluding carboxylic acids is 2. The molecule has 0 fully saturated rings. The molecule has 2 N–H and O–H groups in total. The molecule has 8 nitrogen and oxygen atoms in total. The Bertz CT molecular complexity index is 712. The average Bonchev–Trinajstić information content (AvgIpc) is 2.44. The zero-order chi connectivity index (χ0) is 16.9. The summed E-state index contributed by atoms with van der Waals surface area (Å²) in [5, 5.41) is 19.4. The third kappa shape index (κ3) is 3.89. The van der Waals surface area contributed by atoms with E-state index in [0.29, 0.717) is 5.56 Å². The van der Waals surface area contributed by atoms with E-state index in [0.717, 1.165) is 0 Å². The molecule has 22 heavy (non-hydrogen) atoms. The number of nitro benzene ring substituents is 1. The molecule has 0 radical (unpaired) electrons. The second kappa shape index (κ2) is 6.99. The van der Waals surface area contributed by atoms with Gasteiger partial charge in [-0.15, -0.1) is 0 Å². The fourth-order valence-electron chi connectivity index (χ4n) is 1.64. The zero-order valence-corrected chi connectivity index (χ0v) is 12.0. The number of allylic oxidation sites excluding steroid dienone is 1. The number of nitriles is 1. The Kier molecular flexibility index (Phi) is 5.35. The van der Waals surface area contributed by atoms with E-state index in [1.165, 1.54) is 32.0 Å². The van der Waals surface area contributed by atoms with Crippen LogP contribution in [0.2, 0.25) is 0 Å². The molecule has 0 saturated carbocycles. The van der Waals surface area contributed by atoms with Crippen molar-refractivity contribution in [3.8, 4) is 6.07 Å². The standard InChI is InChI=1S/C14H13N3O5/c1-8-5-10(3-4-12(8)17(20)21)14(19)22-7-13(18)11(6-15)9(2)16/h3-5H,7,16H2,1-2H3. The lowest BCUT2D eigenvalue weighted by Crippen LogP contribution is -2.17. The van der Waals surface area contributed by atoms with Gasteiger partial charge in [-0.05, 0) is 26.0 Å². The fraction of sp³-hybridized carbons (Fsp3) is 0.214. The number of hydrogen-bond acceptors (Lipinski definition) is 7. The molecule has 0 bridgehead atoms. The monoisotopic (exact) mass is 303 g/mol. The highest BCUT2D eigenvalue weighted by atomic mass is 16.6. The average molecular weight is 303 g/mol. The van der Waals surface area contributed by atoms with Crippen molar-refractivity contribution >= 4 is 17.4 Å². The van der Waals surface area contributed by atoms with E-state index in [1.54, 1.807) is 6.07 Å². The van der Waals surface area contributed by atoms with Crippen LogP contribution in [0, 0.1) is 28.4 Å². The number of rotatable bonds is 5. The molecule has 1 rings (SSSR count). The van der Waals surface area contributed by atoms with Crippen LogP contribution in [0.1, 0.15) is 22.8 Å². The minimum atomic E-state index is -0.821. The lowest BCUT2D eigenvalue weighted by Gasteiger charge is -2.05. The summed E-state index contributed by atoms with van der Waals surface area (Å²) >= 11 is 0. The van der Waals surface area contributed by atoms with Gasteiger partial charge in [0.1, 0.15) is 11.6 Å². The molecule has 8 heteroatoms. The van der Waals surface area contributed by atoms with Crippen molar-refractivity contribution in [2.24, 2.45) is 5.73 Å². The zero-order valence-electron chi connectivity index (χ0n) is 12.0. The van der Waals surface area contributed by atoms with Crippen molar-refractivity contribution in [1.82, 2.24) is 0 Å². The quantitative estimate of drug-likeness (QED) is 0.285. The van der Waals surface area contributed by atoms with Gasteiger partial charge in [0.05, 0.1) is 10.5 Å². The van der Waals surface area contributed by atoms with Crippen LogP contribution >= 0.6 is 0 Å². The molecule has 0 spiro atoms. The summed E-state index contributed by atoms with van der Waals surface area (Å²) in [6.07, 6.45) is 0. The van der Waals surface area contributed by atoms with Crippen molar-refractivity contribution in [3.63, 3.8) is 0 Å². The Morgan fingerprint density at radius 1 is 1.45 bits per heavy atom. The van der Waals surface area contributed by atoms with Crippen molar-refractivity contribution in [2.45, 2.75) is 13.8 Å². The number of Topliss-reactive ketones (excluding diaryl/α,β-unsaturated/α-hetero) is 1. The Hall–Kier alpha value is -3.21. The summed E-state index contributed by atoms with van der Waals surface area (Å²) in [6, 6.07) is 5.33. The van der Waals surface area contributed by atoms with E-state index in [9.17, 15) is 19.7 Å². The van der Waals surface area contributed by atoms with Gasteiger partial charge < -0.3 is 10.5 Å². The molecule has 1 aromatic carbocycles. The molecule has 1 aromatic rings. The Morgan fingerprint density at radius 3 is 2.55 bits per heavy atom. The smallest absolute Gasteiger partial charge is 0.338 e. The van der Waals surface area contributed by atoms with Gasteiger partial charge in [-0.1, -0.05) is 0 Å². The van der Waals surface area contributed by atoms with Crippen LogP contribution in [0.5, 0.6) is 0 Å². The van der Waals surface area contributed by atoms with E-state index >= 15 is 0 Å². The highest BCUT2D eigenvalue weighted by Crippen LogP contribution is 2.19. The first-order chi connectivity index (χ1) is 10.3. The molecular formula is C14H13N3O5. The number of aryl methyl sites for hydroxylation is 1. The minimum absolute atomic E-state index is 0.0368. The third-order valence-corrected chi connectivity index (χ3v) is 2.75. The predicted molar refractivity (Wildman–Crippen MR) is 75.6 cm³/mol. The number of ketones is 1. The first-order valence-corrected chi connectivity index (χ1v) is 6.09. The van der Waals surface area contributed by atoms with Crippen molar-refractivity contribution in [3.05, 3.63) is 50.7 Å². The van der Waals surface area contributed by atoms with Crippen molar-refractivity contribution in [2.75, 3.05) is 6.61 Å². The molecule has 0 aliphatic heterocycles. The number of benzene rings is 1. The van der Waals surface area contributed by atoms with Gasteiger partial charge in [-0.3, -0.25) is 14.9 Å². The molecule has 0 amide bonds. The number of nitrogens with two attached hydrogens (primary N) is 1. The lowest BCUT2D eigenvalue weighted by molar-refractivity contribution is -0.385. The molecule has 0 aliphatic rings. The van der Waals surface area contributed by atoms with Crippen LogP contribution in [-0.4, -0.2) is 23.3 Å². The number of hydrogen-bond donors (Lipinski definition) is 1. The Morgan fingerprint density at radius 2 is 2.09 bits per heavy atom. The van der Waals surface area contributed by atoms with Crippen LogP contribution in [0.4, 0.5) is 5.69 Å². The summed E-state index contributed by atoms with van der Waals surface area (Å²) in [6.45, 7) is 2.23. The van der Waals surface area contributed by atoms with Crippen LogP contribution in [0.15, 0.2) is 29.5 Å². The Balaban J connectivity index is 2.81. The normalized spacial score (nSPS) is 11.1. The van der Waals surface area contributed by atoms with Gasteiger partial charge in [0.2, 0.25) is 5.78 Å². The predicted octanol–water partition coefficient (Wildman–Crippen LogP) is 1.39. The van der Waals surface area contributed by atoms with E-state index in [4.69, 9.17) is 15.7 Å². The SMILES string of the molecule is CC(N)=C(C#N)C(=O)COC(=O)c1ccc([N+](=O)[O-])c(C)c1. The highest BCUT2D eigenvalue weighted by molar-refractivity contribution is 6.02. The molecule has 0 atom stereocenters. The highest BCUT2D eigenvalue weighted by Gasteiger charge is 2.17. The lowest BCUT2D eigenvalue weighted by atomic mass is 10.1. The maximum Gasteiger partial charge on any atom is 0.338 e. The second-order valence-corrected chi connectivity index (χ2v) is 4.43. The molecular weight excluding hydrogens is 290 g/mol. The molecule has 0 saturated heterocycles. The second-order valence-electron chi connectivity index (χ2n) is 4.43. The van der Waals surface area contributed by atoms with E-state index in [1.807, 2.05) is 0 Å². The molecule has 0 unspecified atom stereocenters. The number of nitrogens with zero attached hydrogens (tertiary/aromatic N) is 2. The number of carbonyl (C=O) groups is 2. The van der Waals surface area contributed by atoms with Gasteiger partial charge in [0.25, 0.3) is 5.69 Å². The maximum atomic E-state index is 11.8. The summed E-state index contributed by atoms with van der Waals surface area (Å²) < 4.78 is 4.78. The summed E-state index contributed by atoms with van der Waals surface area (Å²) in [5.41, 5.74) is 5.37. The largest absolute Gasteiger partial charge is 0.454 e. The summed E-state index contributed by atoms with van der Waals surface area (Å²) in [4.78, 5) is 33.5. The number of ether oxygens (including phenoxy) is 1. The number of nitro groups is 1. The Labute approximate surface area is 125 Å². The maximum absolute atomic E-state index is 11.8. The molecule has 0 heterocycles. The van der Waals surface area contributed by atoms with Crippen LogP contribution in [0.25, 0.3) is 0 Å². The summed E-state index contributed by atoms with van der Waals surface area (Å²) in [7, 11) is 0. The van der Waals surface area contributed by atoms with E-state index in [2.05, 4.69) is 0 Å². The van der Waals surface area contributed by atoms with E-state index < -0.39 is 23.3 Å². The van der Waals surface area contributed by atoms with Crippen molar-refractivity contribution < 1.29 is 19.2 Å². The minimum Gasteiger partial charge on any atom is -0.454 e. The van der Waals surface area contributed by atoms with E-state index in [-0.39, 0.29) is 22.5 Å². The van der Waals surface area contributed by atoms with Gasteiger partial charge >= 0.3 is 5.97 Å². The van der Waals surface area contributed by atoms with Crippen LogP contribution in [-0.2, 0) is 9.53 Å². The van der Waals surface area contributed by atoms with Gasteiger partial charge in [-0.2, -0.15) is 5.26 Å². The van der Waals surface area contributed by atoms with Crippen LogP contribution in [0.3, 0.4) is 0 Å². The third-order valence-electron chi connectivity index (χ3n) is 2.75. The van der Waals surface area contributed by atoms with Crippen molar-refractivity contribution in [1.29, 1.82) is 5.26 Å². The van der Waals surface area contributed by atoms with Gasteiger partial charge in [0.15, 0.2) is 6.61 Å². The topological polar surface area (TPSA) is 136 Å². The molecule has 0 aromatic heterocycles.